The van der Waals surface area contributed by atoms with Gasteiger partial charge in [0.15, 0.2) is 12.6 Å². The Labute approximate surface area is 512 Å². The van der Waals surface area contributed by atoms with Crippen molar-refractivity contribution in [2.75, 3.05) is 19.8 Å². The van der Waals surface area contributed by atoms with Gasteiger partial charge in [0, 0.05) is 6.42 Å². The predicted octanol–water partition coefficient (Wildman–Crippen LogP) is 14.1. The molecular weight excluding hydrogens is 1060 g/mol. The Morgan fingerprint density at radius 2 is 0.786 bits per heavy atom. The monoisotopic (exact) mass is 1190 g/mol. The molecule has 2 rings (SSSR count). The Morgan fingerprint density at radius 3 is 1.19 bits per heavy atom. The Bertz CT molecular complexity index is 1550. The summed E-state index contributed by atoms with van der Waals surface area (Å²) in [6, 6.07) is -0.917. The highest BCUT2D eigenvalue weighted by Crippen LogP contribution is 2.30. The number of carbonyl (C=O) groups is 1. The van der Waals surface area contributed by atoms with Crippen LogP contribution in [0.3, 0.4) is 0 Å². The molecule has 2 aliphatic rings. The number of hydrogen-bond donors (Lipinski definition) is 9. The van der Waals surface area contributed by atoms with Crippen LogP contribution in [0.2, 0.25) is 0 Å². The van der Waals surface area contributed by atoms with E-state index < -0.39 is 86.8 Å². The van der Waals surface area contributed by atoms with Gasteiger partial charge in [0.1, 0.15) is 48.8 Å². The molecule has 0 spiro atoms. The lowest BCUT2D eigenvalue weighted by molar-refractivity contribution is -0.359. The summed E-state index contributed by atoms with van der Waals surface area (Å²) < 4.78 is 22.9. The van der Waals surface area contributed by atoms with Crippen LogP contribution in [-0.4, -0.2) is 140 Å². The molecule has 0 bridgehead atoms. The standard InChI is InChI=1S/C70H131NO13/c1-3-5-7-9-11-13-15-17-19-21-23-25-27-28-29-30-32-33-35-37-39-41-43-45-47-49-51-53-59(74)58(57-81-69-67(80)65(78)68(61(56-73)83-69)84-70-66(79)64(77)63(76)60(55-72)82-70)71-62(75)54-52-50-48-46-44-42-40-38-36-34-31-26-24-22-20-18-16-14-12-10-8-6-4-2/h16,18,22,24,51,53,58-61,63-70,72-74,76-80H,3-15,17,19-21,23,25-50,52,54-57H2,1-2H3,(H,71,75)/b18-16-,24-22-,53-51+. The third kappa shape index (κ3) is 39.3. The number of allylic oxidation sites excluding steroid dienone is 5. The number of hydrogen-bond acceptors (Lipinski definition) is 13. The van der Waals surface area contributed by atoms with Crippen molar-refractivity contribution in [1.82, 2.24) is 5.32 Å². The van der Waals surface area contributed by atoms with E-state index in [0.717, 1.165) is 44.9 Å². The third-order valence-electron chi connectivity index (χ3n) is 17.3. The third-order valence-corrected chi connectivity index (χ3v) is 17.3. The SMILES string of the molecule is CCCCCCC/C=C\C/C=C\CCCCCCCCCCCCCC(=O)NC(COC1OC(CO)C(OC2OC(CO)C(O)C(O)C2O)C(O)C1O)C(O)/C=C/CCCCCCCCCCCCCCCCCCCCCCCCCCC. The summed E-state index contributed by atoms with van der Waals surface area (Å²) in [5, 5.41) is 87.4. The van der Waals surface area contributed by atoms with Crippen LogP contribution in [0.4, 0.5) is 0 Å². The Kier molecular flexibility index (Phi) is 51.5. The largest absolute Gasteiger partial charge is 0.394 e. The fourth-order valence-electron chi connectivity index (χ4n) is 11.7. The maximum Gasteiger partial charge on any atom is 0.220 e. The van der Waals surface area contributed by atoms with Crippen LogP contribution in [-0.2, 0) is 23.7 Å². The van der Waals surface area contributed by atoms with Gasteiger partial charge in [-0.3, -0.25) is 4.79 Å². The van der Waals surface area contributed by atoms with E-state index in [2.05, 4.69) is 43.5 Å². The summed E-state index contributed by atoms with van der Waals surface area (Å²) in [6.45, 7) is 2.83. The zero-order valence-corrected chi connectivity index (χ0v) is 53.7. The van der Waals surface area contributed by atoms with Gasteiger partial charge in [-0.2, -0.15) is 0 Å². The first-order chi connectivity index (χ1) is 41.1. The second kappa shape index (κ2) is 55.3. The molecule has 14 heteroatoms. The lowest BCUT2D eigenvalue weighted by Gasteiger charge is -2.46. The lowest BCUT2D eigenvalue weighted by Crippen LogP contribution is -2.65. The van der Waals surface area contributed by atoms with Crippen LogP contribution in [0.25, 0.3) is 0 Å². The molecule has 84 heavy (non-hydrogen) atoms. The van der Waals surface area contributed by atoms with E-state index in [9.17, 15) is 45.6 Å². The second-order valence-electron chi connectivity index (χ2n) is 25.0. The van der Waals surface area contributed by atoms with E-state index in [1.165, 1.54) is 238 Å². The quantitative estimate of drug-likeness (QED) is 0.0204. The maximum atomic E-state index is 13.3. The van der Waals surface area contributed by atoms with Gasteiger partial charge in [-0.15, -0.1) is 0 Å². The van der Waals surface area contributed by atoms with Gasteiger partial charge in [-0.1, -0.05) is 288 Å². The summed E-state index contributed by atoms with van der Waals surface area (Å²) in [4.78, 5) is 13.3. The van der Waals surface area contributed by atoms with Crippen molar-refractivity contribution in [1.29, 1.82) is 0 Å². The normalized spacial score (nSPS) is 23.8. The van der Waals surface area contributed by atoms with Crippen LogP contribution < -0.4 is 5.32 Å². The molecule has 0 saturated carbocycles. The Hall–Kier alpha value is -1.79. The number of unbranched alkanes of at least 4 members (excludes halogenated alkanes) is 41. The van der Waals surface area contributed by atoms with Gasteiger partial charge >= 0.3 is 0 Å². The Balaban J connectivity index is 1.69. The zero-order valence-electron chi connectivity index (χ0n) is 53.7. The van der Waals surface area contributed by atoms with E-state index in [-0.39, 0.29) is 18.9 Å². The molecule has 9 N–H and O–H groups in total. The van der Waals surface area contributed by atoms with Gasteiger partial charge in [-0.25, -0.2) is 0 Å². The van der Waals surface area contributed by atoms with E-state index in [1.54, 1.807) is 6.08 Å². The topological polar surface area (TPSA) is 228 Å². The second-order valence-corrected chi connectivity index (χ2v) is 25.0. The smallest absolute Gasteiger partial charge is 0.220 e. The number of aliphatic hydroxyl groups is 8. The molecule has 12 atom stereocenters. The van der Waals surface area contributed by atoms with Crippen molar-refractivity contribution in [3.63, 3.8) is 0 Å². The van der Waals surface area contributed by atoms with E-state index in [4.69, 9.17) is 18.9 Å². The predicted molar refractivity (Wildman–Crippen MR) is 341 cm³/mol. The number of aliphatic hydroxyl groups excluding tert-OH is 8. The van der Waals surface area contributed by atoms with Gasteiger partial charge in [0.25, 0.3) is 0 Å². The number of nitrogens with one attached hydrogen (secondary N) is 1. The molecule has 0 aromatic heterocycles. The first kappa shape index (κ1) is 78.3. The number of carbonyl (C=O) groups excluding carboxylic acids is 1. The molecule has 2 heterocycles. The van der Waals surface area contributed by atoms with E-state index in [1.807, 2.05) is 6.08 Å². The molecule has 0 aliphatic carbocycles. The van der Waals surface area contributed by atoms with Crippen molar-refractivity contribution in [3.05, 3.63) is 36.5 Å². The van der Waals surface area contributed by atoms with Gasteiger partial charge in [0.05, 0.1) is 32.0 Å². The number of rotatable bonds is 58. The fourth-order valence-corrected chi connectivity index (χ4v) is 11.7. The average Bonchev–Trinajstić information content (AvgIpc) is 3.18. The van der Waals surface area contributed by atoms with E-state index >= 15 is 0 Å². The van der Waals surface area contributed by atoms with Crippen LogP contribution >= 0.6 is 0 Å². The van der Waals surface area contributed by atoms with Crippen molar-refractivity contribution in [2.24, 2.45) is 0 Å². The van der Waals surface area contributed by atoms with E-state index in [0.29, 0.717) is 6.42 Å². The summed E-state index contributed by atoms with van der Waals surface area (Å²) in [7, 11) is 0. The maximum absolute atomic E-state index is 13.3. The first-order valence-corrected chi connectivity index (χ1v) is 35.2. The highest BCUT2D eigenvalue weighted by Gasteiger charge is 2.51. The molecule has 2 saturated heterocycles. The van der Waals surface area contributed by atoms with Gasteiger partial charge < -0.3 is 65.1 Å². The summed E-state index contributed by atoms with van der Waals surface area (Å²) >= 11 is 0. The van der Waals surface area contributed by atoms with Crippen molar-refractivity contribution in [3.8, 4) is 0 Å². The minimum absolute atomic E-state index is 0.238. The number of ether oxygens (including phenoxy) is 4. The molecular formula is C70H131NO13. The summed E-state index contributed by atoms with van der Waals surface area (Å²) in [5.41, 5.74) is 0. The molecule has 2 aliphatic heterocycles. The zero-order chi connectivity index (χ0) is 60.9. The van der Waals surface area contributed by atoms with Gasteiger partial charge in [0.2, 0.25) is 5.91 Å². The minimum Gasteiger partial charge on any atom is -0.394 e. The summed E-state index contributed by atoms with van der Waals surface area (Å²) in [5.74, 6) is -0.238. The first-order valence-electron chi connectivity index (χ1n) is 35.2. The van der Waals surface area contributed by atoms with Gasteiger partial charge in [-0.05, 0) is 51.4 Å². The minimum atomic E-state index is -1.79. The molecule has 0 radical (unpaired) electrons. The molecule has 1 amide bonds. The van der Waals surface area contributed by atoms with Crippen molar-refractivity contribution < 1.29 is 64.6 Å². The Morgan fingerprint density at radius 1 is 0.429 bits per heavy atom. The molecule has 0 aromatic carbocycles. The molecule has 494 valence electrons. The van der Waals surface area contributed by atoms with Crippen LogP contribution in [0.15, 0.2) is 36.5 Å². The van der Waals surface area contributed by atoms with Crippen LogP contribution in [0, 0.1) is 0 Å². The highest BCUT2D eigenvalue weighted by atomic mass is 16.7. The highest BCUT2D eigenvalue weighted by molar-refractivity contribution is 5.76. The van der Waals surface area contributed by atoms with Crippen molar-refractivity contribution >= 4 is 5.91 Å². The lowest BCUT2D eigenvalue weighted by atomic mass is 9.97. The molecule has 12 unspecified atom stereocenters. The average molecular weight is 1190 g/mol. The molecule has 2 fully saturated rings. The van der Waals surface area contributed by atoms with Crippen LogP contribution in [0.5, 0.6) is 0 Å². The van der Waals surface area contributed by atoms with Crippen LogP contribution in [0.1, 0.15) is 309 Å². The van der Waals surface area contributed by atoms with Crippen molar-refractivity contribution in [2.45, 2.75) is 383 Å². The molecule has 14 nitrogen and oxygen atoms in total. The fraction of sp³-hybridized carbons (Fsp3) is 0.900. The number of amides is 1. The molecule has 0 aromatic rings. The summed E-state index contributed by atoms with van der Waals surface area (Å²) in [6.07, 6.45) is 53.4.